The van der Waals surface area contributed by atoms with E-state index < -0.39 is 26.4 Å². The van der Waals surface area contributed by atoms with Crippen LogP contribution in [0.1, 0.15) is 20.8 Å². The fourth-order valence-corrected chi connectivity index (χ4v) is 4.47. The van der Waals surface area contributed by atoms with Crippen LogP contribution in [0, 0.1) is 0 Å². The van der Waals surface area contributed by atoms with Gasteiger partial charge >= 0.3 is 8.56 Å². The molecule has 1 N–H and O–H groups in total. The minimum absolute atomic E-state index is 0.0815. The third-order valence-corrected chi connectivity index (χ3v) is 5.79. The van der Waals surface area contributed by atoms with E-state index in [9.17, 15) is 14.4 Å². The van der Waals surface area contributed by atoms with Crippen molar-refractivity contribution in [2.45, 2.75) is 20.8 Å². The molecule has 7 heteroatoms. The second-order valence-corrected chi connectivity index (χ2v) is 7.61. The minimum Gasteiger partial charge on any atom is -0.481 e. The maximum absolute atomic E-state index is 11.7. The van der Waals surface area contributed by atoms with Crippen molar-refractivity contribution in [2.24, 2.45) is 0 Å². The Bertz CT molecular complexity index is 569. The molecule has 0 aromatic heterocycles. The molecule has 118 valence electrons. The van der Waals surface area contributed by atoms with E-state index in [1.807, 2.05) is 0 Å². The smallest absolute Gasteiger partial charge is 0.481 e. The summed E-state index contributed by atoms with van der Waals surface area (Å²) in [4.78, 5) is 34.7. The van der Waals surface area contributed by atoms with Gasteiger partial charge in [0.25, 0.3) is 11.9 Å². The number of hydrogen-bond donors (Lipinski definition) is 1. The van der Waals surface area contributed by atoms with Crippen molar-refractivity contribution in [3.05, 3.63) is 42.5 Å². The first-order chi connectivity index (χ1) is 10.3. The molecule has 0 saturated heterocycles. The Kier molecular flexibility index (Phi) is 6.06. The summed E-state index contributed by atoms with van der Waals surface area (Å²) < 4.78 is 10.8. The van der Waals surface area contributed by atoms with Crippen LogP contribution in [0.15, 0.2) is 42.5 Å². The zero-order valence-corrected chi connectivity index (χ0v) is 13.8. The SMILES string of the molecule is C=C(C)C(=O)NC[Si](OC(C)=O)(OC(C)=O)c1ccccc1. The number of amides is 1. The Hall–Kier alpha value is -2.41. The number of carbonyl (C=O) groups excluding carboxylic acids is 3. The molecular formula is C15H19NO5Si. The normalized spacial score (nSPS) is 10.5. The number of carbonyl (C=O) groups is 3. The lowest BCUT2D eigenvalue weighted by molar-refractivity contribution is -0.138. The van der Waals surface area contributed by atoms with Gasteiger partial charge in [-0.1, -0.05) is 36.9 Å². The van der Waals surface area contributed by atoms with Gasteiger partial charge in [0.1, 0.15) is 0 Å². The average Bonchev–Trinajstić information content (AvgIpc) is 2.44. The predicted molar refractivity (Wildman–Crippen MR) is 83.2 cm³/mol. The Morgan fingerprint density at radius 2 is 1.55 bits per heavy atom. The highest BCUT2D eigenvalue weighted by Crippen LogP contribution is 2.09. The fraction of sp³-hybridized carbons (Fsp3) is 0.267. The summed E-state index contributed by atoms with van der Waals surface area (Å²) in [5, 5.41) is 3.17. The number of benzene rings is 1. The molecule has 0 atom stereocenters. The molecule has 1 aromatic rings. The molecule has 0 fully saturated rings. The molecule has 0 unspecified atom stereocenters. The van der Waals surface area contributed by atoms with E-state index in [1.165, 1.54) is 13.8 Å². The largest absolute Gasteiger partial charge is 0.519 e. The van der Waals surface area contributed by atoms with Crippen LogP contribution in [0.3, 0.4) is 0 Å². The van der Waals surface area contributed by atoms with Crippen LogP contribution < -0.4 is 10.5 Å². The summed E-state index contributed by atoms with van der Waals surface area (Å²) in [6, 6.07) is 8.67. The van der Waals surface area contributed by atoms with Crippen molar-refractivity contribution in [1.29, 1.82) is 0 Å². The molecule has 0 aliphatic carbocycles. The maximum Gasteiger partial charge on any atom is 0.519 e. The zero-order valence-electron chi connectivity index (χ0n) is 12.8. The van der Waals surface area contributed by atoms with Gasteiger partial charge in [-0.25, -0.2) is 0 Å². The molecule has 1 amide bonds. The standard InChI is InChI=1S/C15H19NO5Si/c1-11(2)15(19)16-10-22(20-12(3)17,21-13(4)18)14-8-6-5-7-9-14/h5-9H,1,10H2,2-4H3,(H,16,19). The van der Waals surface area contributed by atoms with Gasteiger partial charge in [0.2, 0.25) is 5.91 Å². The zero-order chi connectivity index (χ0) is 16.8. The monoisotopic (exact) mass is 321 g/mol. The highest BCUT2D eigenvalue weighted by Gasteiger charge is 2.47. The van der Waals surface area contributed by atoms with Crippen molar-refractivity contribution in [3.8, 4) is 0 Å². The van der Waals surface area contributed by atoms with Crippen LogP contribution in [-0.4, -0.2) is 32.6 Å². The van der Waals surface area contributed by atoms with Crippen LogP contribution >= 0.6 is 0 Å². The number of nitrogens with one attached hydrogen (secondary N) is 1. The quantitative estimate of drug-likeness (QED) is 0.616. The molecule has 22 heavy (non-hydrogen) atoms. The van der Waals surface area contributed by atoms with Gasteiger partial charge in [-0.2, -0.15) is 0 Å². The second kappa shape index (κ2) is 7.55. The van der Waals surface area contributed by atoms with E-state index in [0.717, 1.165) is 0 Å². The molecule has 0 bridgehead atoms. The first-order valence-electron chi connectivity index (χ1n) is 6.65. The summed E-state index contributed by atoms with van der Waals surface area (Å²) in [7, 11) is -3.48. The Labute approximate surface area is 130 Å². The van der Waals surface area contributed by atoms with Crippen LogP contribution in [-0.2, 0) is 23.2 Å². The first-order valence-corrected chi connectivity index (χ1v) is 8.67. The van der Waals surface area contributed by atoms with Gasteiger partial charge in [-0.15, -0.1) is 0 Å². The van der Waals surface area contributed by atoms with Crippen molar-refractivity contribution < 1.29 is 23.2 Å². The number of hydrogen-bond acceptors (Lipinski definition) is 5. The van der Waals surface area contributed by atoms with E-state index in [1.54, 1.807) is 37.3 Å². The number of rotatable bonds is 6. The van der Waals surface area contributed by atoms with E-state index in [2.05, 4.69) is 11.9 Å². The molecule has 1 rings (SSSR count). The third kappa shape index (κ3) is 4.85. The van der Waals surface area contributed by atoms with Gasteiger partial charge in [-0.3, -0.25) is 14.4 Å². The van der Waals surface area contributed by atoms with Crippen LogP contribution in [0.25, 0.3) is 0 Å². The summed E-state index contributed by atoms with van der Waals surface area (Å²) in [5.74, 6) is -1.56. The molecule has 6 nitrogen and oxygen atoms in total. The Balaban J connectivity index is 3.19. The summed E-state index contributed by atoms with van der Waals surface area (Å²) >= 11 is 0. The molecule has 1 aromatic carbocycles. The topological polar surface area (TPSA) is 81.7 Å². The molecule has 0 aliphatic rings. The highest BCUT2D eigenvalue weighted by molar-refractivity contribution is 6.83. The molecule has 0 heterocycles. The lowest BCUT2D eigenvalue weighted by Crippen LogP contribution is -2.63. The average molecular weight is 321 g/mol. The summed E-state index contributed by atoms with van der Waals surface area (Å²) in [5.41, 5.74) is 0.307. The fourth-order valence-electron chi connectivity index (χ4n) is 1.82. The van der Waals surface area contributed by atoms with Gasteiger partial charge < -0.3 is 14.2 Å². The Morgan fingerprint density at radius 3 is 1.95 bits per heavy atom. The maximum atomic E-state index is 11.7. The molecule has 0 aliphatic heterocycles. The summed E-state index contributed by atoms with van der Waals surface area (Å²) in [6.07, 6.45) is -0.0815. The van der Waals surface area contributed by atoms with Crippen LogP contribution in [0.5, 0.6) is 0 Å². The third-order valence-electron chi connectivity index (χ3n) is 2.70. The second-order valence-electron chi connectivity index (χ2n) is 4.77. The van der Waals surface area contributed by atoms with Gasteiger partial charge in [0, 0.05) is 24.6 Å². The molecule has 0 saturated carbocycles. The van der Waals surface area contributed by atoms with Gasteiger partial charge in [0.05, 0.1) is 6.17 Å². The van der Waals surface area contributed by atoms with Crippen molar-refractivity contribution in [1.82, 2.24) is 5.32 Å². The Morgan fingerprint density at radius 1 is 1.05 bits per heavy atom. The van der Waals surface area contributed by atoms with E-state index in [-0.39, 0.29) is 6.17 Å². The first kappa shape index (κ1) is 17.6. The van der Waals surface area contributed by atoms with E-state index in [0.29, 0.717) is 10.8 Å². The molecular weight excluding hydrogens is 302 g/mol. The van der Waals surface area contributed by atoms with Gasteiger partial charge in [-0.05, 0) is 6.92 Å². The lowest BCUT2D eigenvalue weighted by atomic mass is 10.3. The van der Waals surface area contributed by atoms with Crippen molar-refractivity contribution in [3.63, 3.8) is 0 Å². The van der Waals surface area contributed by atoms with Crippen molar-refractivity contribution in [2.75, 3.05) is 6.17 Å². The van der Waals surface area contributed by atoms with E-state index >= 15 is 0 Å². The van der Waals surface area contributed by atoms with Crippen LogP contribution in [0.4, 0.5) is 0 Å². The summed E-state index contributed by atoms with van der Waals surface area (Å²) in [6.45, 7) is 7.55. The van der Waals surface area contributed by atoms with Crippen molar-refractivity contribution >= 4 is 31.6 Å². The lowest BCUT2D eigenvalue weighted by Gasteiger charge is -2.29. The highest BCUT2D eigenvalue weighted by atomic mass is 28.4. The minimum atomic E-state index is -3.48. The molecule has 0 radical (unpaired) electrons. The predicted octanol–water partition coefficient (Wildman–Crippen LogP) is 0.694. The van der Waals surface area contributed by atoms with E-state index in [4.69, 9.17) is 8.85 Å². The molecule has 0 spiro atoms. The van der Waals surface area contributed by atoms with Crippen LogP contribution in [0.2, 0.25) is 0 Å². The van der Waals surface area contributed by atoms with Gasteiger partial charge in [0.15, 0.2) is 0 Å².